The second-order valence-corrected chi connectivity index (χ2v) is 5.66. The largest absolute Gasteiger partial charge is 0.488 e. The van der Waals surface area contributed by atoms with Crippen molar-refractivity contribution >= 4 is 5.69 Å². The molecule has 1 aromatic heterocycles. The zero-order valence-electron chi connectivity index (χ0n) is 12.6. The Hall–Kier alpha value is -2.17. The number of rotatable bonds is 5. The van der Waals surface area contributed by atoms with Crippen LogP contribution in [0.25, 0.3) is 0 Å². The monoisotopic (exact) mass is 301 g/mol. The molecule has 4 nitrogen and oxygen atoms in total. The van der Waals surface area contributed by atoms with Crippen LogP contribution in [-0.4, -0.2) is 16.1 Å². The summed E-state index contributed by atoms with van der Waals surface area (Å²) >= 11 is 0. The molecule has 2 aromatic rings. The van der Waals surface area contributed by atoms with E-state index >= 15 is 0 Å². The van der Waals surface area contributed by atoms with E-state index in [9.17, 15) is 4.39 Å². The molecule has 0 amide bonds. The molecule has 1 aromatic carbocycles. The van der Waals surface area contributed by atoms with Gasteiger partial charge < -0.3 is 10.1 Å². The molecular weight excluding hydrogens is 281 g/mol. The van der Waals surface area contributed by atoms with Gasteiger partial charge in [-0.05, 0) is 44.7 Å². The molecule has 1 fully saturated rings. The Morgan fingerprint density at radius 2 is 2.09 bits per heavy atom. The van der Waals surface area contributed by atoms with Gasteiger partial charge in [0.1, 0.15) is 11.6 Å². The standard InChI is InChI=1S/C17H20FN3O/c1-12(16-11-19-8-9-20-16)21-15-7-6-13(18)10-17(15)22-14-4-2-3-5-14/h6-12,14,21H,2-5H2,1H3/t12-/m1/s1. The lowest BCUT2D eigenvalue weighted by atomic mass is 10.2. The van der Waals surface area contributed by atoms with E-state index in [4.69, 9.17) is 4.74 Å². The summed E-state index contributed by atoms with van der Waals surface area (Å²) in [5, 5.41) is 3.33. The molecule has 1 saturated carbocycles. The minimum atomic E-state index is -0.286. The van der Waals surface area contributed by atoms with Gasteiger partial charge in [0.05, 0.1) is 29.7 Å². The fraction of sp³-hybridized carbons (Fsp3) is 0.412. The molecule has 0 aliphatic heterocycles. The summed E-state index contributed by atoms with van der Waals surface area (Å²) in [6.07, 6.45) is 9.65. The summed E-state index contributed by atoms with van der Waals surface area (Å²) in [7, 11) is 0. The quantitative estimate of drug-likeness (QED) is 0.902. The SMILES string of the molecule is C[C@@H](Nc1ccc(F)cc1OC1CCCC1)c1cnccn1. The molecule has 3 rings (SSSR count). The van der Waals surface area contributed by atoms with Crippen molar-refractivity contribution in [3.05, 3.63) is 48.3 Å². The number of hydrogen-bond acceptors (Lipinski definition) is 4. The first-order chi connectivity index (χ1) is 10.7. The Kier molecular flexibility index (Phi) is 4.51. The molecule has 0 saturated heterocycles. The summed E-state index contributed by atoms with van der Waals surface area (Å²) in [5.41, 5.74) is 1.62. The van der Waals surface area contributed by atoms with E-state index in [1.807, 2.05) is 6.92 Å². The van der Waals surface area contributed by atoms with Gasteiger partial charge in [-0.1, -0.05) is 0 Å². The lowest BCUT2D eigenvalue weighted by Gasteiger charge is -2.20. The highest BCUT2D eigenvalue weighted by molar-refractivity contribution is 5.57. The van der Waals surface area contributed by atoms with Crippen molar-refractivity contribution in [2.75, 3.05) is 5.32 Å². The average molecular weight is 301 g/mol. The number of halogens is 1. The molecule has 0 unspecified atom stereocenters. The Balaban J connectivity index is 1.77. The summed E-state index contributed by atoms with van der Waals surface area (Å²) < 4.78 is 19.5. The van der Waals surface area contributed by atoms with Crippen molar-refractivity contribution in [3.63, 3.8) is 0 Å². The zero-order valence-corrected chi connectivity index (χ0v) is 12.6. The van der Waals surface area contributed by atoms with Crippen molar-refractivity contribution < 1.29 is 9.13 Å². The van der Waals surface area contributed by atoms with Gasteiger partial charge in [0.15, 0.2) is 0 Å². The highest BCUT2D eigenvalue weighted by Gasteiger charge is 2.19. The summed E-state index contributed by atoms with van der Waals surface area (Å²) in [6.45, 7) is 1.99. The highest BCUT2D eigenvalue weighted by atomic mass is 19.1. The first-order valence-electron chi connectivity index (χ1n) is 7.71. The molecule has 0 radical (unpaired) electrons. The highest BCUT2D eigenvalue weighted by Crippen LogP contribution is 2.32. The van der Waals surface area contributed by atoms with E-state index in [1.165, 1.54) is 25.0 Å². The van der Waals surface area contributed by atoms with Crippen LogP contribution in [0.3, 0.4) is 0 Å². The van der Waals surface area contributed by atoms with Gasteiger partial charge in [-0.15, -0.1) is 0 Å². The van der Waals surface area contributed by atoms with E-state index in [2.05, 4.69) is 15.3 Å². The van der Waals surface area contributed by atoms with E-state index in [0.717, 1.165) is 24.2 Å². The Labute approximate surface area is 129 Å². The van der Waals surface area contributed by atoms with Crippen LogP contribution in [0.5, 0.6) is 5.75 Å². The average Bonchev–Trinajstić information content (AvgIpc) is 3.04. The second kappa shape index (κ2) is 6.73. The predicted octanol–water partition coefficient (Wildman–Crippen LogP) is 4.11. The molecule has 1 N–H and O–H groups in total. The maximum Gasteiger partial charge on any atom is 0.145 e. The van der Waals surface area contributed by atoms with Gasteiger partial charge in [0.25, 0.3) is 0 Å². The Morgan fingerprint density at radius 1 is 1.27 bits per heavy atom. The topological polar surface area (TPSA) is 47.0 Å². The normalized spacial score (nSPS) is 16.5. The van der Waals surface area contributed by atoms with E-state index in [-0.39, 0.29) is 18.0 Å². The van der Waals surface area contributed by atoms with Crippen LogP contribution < -0.4 is 10.1 Å². The van der Waals surface area contributed by atoms with Crippen molar-refractivity contribution in [2.45, 2.75) is 44.8 Å². The number of ether oxygens (including phenoxy) is 1. The van der Waals surface area contributed by atoms with E-state index in [0.29, 0.717) is 5.75 Å². The summed E-state index contributed by atoms with van der Waals surface area (Å²) in [6, 6.07) is 4.56. The van der Waals surface area contributed by atoms with Gasteiger partial charge in [-0.25, -0.2) is 4.39 Å². The van der Waals surface area contributed by atoms with Crippen LogP contribution in [0.15, 0.2) is 36.8 Å². The van der Waals surface area contributed by atoms with Crippen LogP contribution in [0.4, 0.5) is 10.1 Å². The van der Waals surface area contributed by atoms with E-state index < -0.39 is 0 Å². The first-order valence-corrected chi connectivity index (χ1v) is 7.71. The summed E-state index contributed by atoms with van der Waals surface area (Å²) in [5.74, 6) is 0.286. The molecule has 22 heavy (non-hydrogen) atoms. The van der Waals surface area contributed by atoms with Gasteiger partial charge in [0, 0.05) is 18.5 Å². The minimum absolute atomic E-state index is 0.0370. The molecule has 0 spiro atoms. The Bertz CT molecular complexity index is 615. The second-order valence-electron chi connectivity index (χ2n) is 5.66. The van der Waals surface area contributed by atoms with E-state index in [1.54, 1.807) is 24.7 Å². The summed E-state index contributed by atoms with van der Waals surface area (Å²) in [4.78, 5) is 8.36. The van der Waals surface area contributed by atoms with Gasteiger partial charge >= 0.3 is 0 Å². The molecule has 1 aliphatic rings. The van der Waals surface area contributed by atoms with Gasteiger partial charge in [-0.2, -0.15) is 0 Å². The van der Waals surface area contributed by atoms with Crippen LogP contribution in [-0.2, 0) is 0 Å². The maximum atomic E-state index is 13.6. The molecule has 1 atom stereocenters. The minimum Gasteiger partial charge on any atom is -0.488 e. The lowest BCUT2D eigenvalue weighted by Crippen LogP contribution is -2.14. The van der Waals surface area contributed by atoms with Crippen molar-refractivity contribution in [3.8, 4) is 5.75 Å². The first kappa shape index (κ1) is 14.8. The number of anilines is 1. The Morgan fingerprint density at radius 3 is 2.82 bits per heavy atom. The third-order valence-electron chi connectivity index (χ3n) is 3.94. The van der Waals surface area contributed by atoms with Gasteiger partial charge in [-0.3, -0.25) is 9.97 Å². The van der Waals surface area contributed by atoms with Crippen molar-refractivity contribution in [2.24, 2.45) is 0 Å². The lowest BCUT2D eigenvalue weighted by molar-refractivity contribution is 0.210. The molecule has 1 aliphatic carbocycles. The van der Waals surface area contributed by atoms with Crippen LogP contribution in [0, 0.1) is 5.82 Å². The van der Waals surface area contributed by atoms with Crippen molar-refractivity contribution in [1.29, 1.82) is 0 Å². The fourth-order valence-corrected chi connectivity index (χ4v) is 2.74. The number of hydrogen-bond donors (Lipinski definition) is 1. The van der Waals surface area contributed by atoms with Crippen molar-refractivity contribution in [1.82, 2.24) is 9.97 Å². The fourth-order valence-electron chi connectivity index (χ4n) is 2.74. The molecular formula is C17H20FN3O. The van der Waals surface area contributed by atoms with Crippen LogP contribution in [0.2, 0.25) is 0 Å². The van der Waals surface area contributed by atoms with Crippen LogP contribution in [0.1, 0.15) is 44.3 Å². The smallest absolute Gasteiger partial charge is 0.145 e. The van der Waals surface area contributed by atoms with Gasteiger partial charge in [0.2, 0.25) is 0 Å². The third kappa shape index (κ3) is 3.53. The number of nitrogens with zero attached hydrogens (tertiary/aromatic N) is 2. The number of aromatic nitrogens is 2. The van der Waals surface area contributed by atoms with Crippen LogP contribution >= 0.6 is 0 Å². The predicted molar refractivity (Wildman–Crippen MR) is 83.4 cm³/mol. The number of nitrogens with one attached hydrogen (secondary N) is 1. The molecule has 116 valence electrons. The number of benzene rings is 1. The molecule has 1 heterocycles. The molecule has 0 bridgehead atoms. The third-order valence-corrected chi connectivity index (χ3v) is 3.94. The maximum absolute atomic E-state index is 13.6. The molecule has 5 heteroatoms. The zero-order chi connectivity index (χ0) is 15.4.